The summed E-state index contributed by atoms with van der Waals surface area (Å²) in [4.78, 5) is 13.2. The fourth-order valence-corrected chi connectivity index (χ4v) is 4.86. The lowest BCUT2D eigenvalue weighted by Crippen LogP contribution is -2.30. The molecule has 0 bridgehead atoms. The summed E-state index contributed by atoms with van der Waals surface area (Å²) >= 11 is 0. The van der Waals surface area contributed by atoms with E-state index in [1.807, 2.05) is 91.9 Å². The lowest BCUT2D eigenvalue weighted by molar-refractivity contribution is 0.0943. The first-order valence-electron chi connectivity index (χ1n) is 11.4. The number of anilines is 1. The number of rotatable bonds is 8. The zero-order chi connectivity index (χ0) is 24.8. The first-order valence-corrected chi connectivity index (χ1v) is 13.2. The number of amides is 1. The highest BCUT2D eigenvalue weighted by Crippen LogP contribution is 2.25. The summed E-state index contributed by atoms with van der Waals surface area (Å²) in [7, 11) is -3.52. The Morgan fingerprint density at radius 2 is 1.29 bits per heavy atom. The number of carbonyl (C=O) groups excluding carboxylic acids is 1. The van der Waals surface area contributed by atoms with Gasteiger partial charge in [0.1, 0.15) is 0 Å². The average Bonchev–Trinajstić information content (AvgIpc) is 2.87. The third-order valence-electron chi connectivity index (χ3n) is 5.93. The van der Waals surface area contributed by atoms with Crippen LogP contribution in [0.25, 0.3) is 0 Å². The van der Waals surface area contributed by atoms with E-state index in [4.69, 9.17) is 0 Å². The zero-order valence-corrected chi connectivity index (χ0v) is 20.6. The van der Waals surface area contributed by atoms with Crippen LogP contribution in [0.1, 0.15) is 38.7 Å². The van der Waals surface area contributed by atoms with Gasteiger partial charge in [0, 0.05) is 5.56 Å². The molecule has 5 nitrogen and oxygen atoms in total. The minimum absolute atomic E-state index is 0.223. The molecule has 0 radical (unpaired) electrons. The first-order chi connectivity index (χ1) is 16.8. The summed E-state index contributed by atoms with van der Waals surface area (Å²) < 4.78 is 26.5. The van der Waals surface area contributed by atoms with E-state index in [2.05, 4.69) is 5.32 Å². The Bertz CT molecular complexity index is 1350. The van der Waals surface area contributed by atoms with Crippen LogP contribution in [0, 0.1) is 6.92 Å². The second-order valence-electron chi connectivity index (χ2n) is 8.47. The van der Waals surface area contributed by atoms with Crippen molar-refractivity contribution in [2.45, 2.75) is 19.5 Å². The number of nitrogens with one attached hydrogen (secondary N) is 1. The summed E-state index contributed by atoms with van der Waals surface area (Å²) in [5.74, 6) is -0.237. The summed E-state index contributed by atoms with van der Waals surface area (Å²) in [6.07, 6.45) is 1.19. The second kappa shape index (κ2) is 10.6. The Kier molecular flexibility index (Phi) is 7.32. The van der Waals surface area contributed by atoms with E-state index in [1.165, 1.54) is 10.6 Å². The zero-order valence-electron chi connectivity index (χ0n) is 19.8. The third kappa shape index (κ3) is 5.97. The topological polar surface area (TPSA) is 66.5 Å². The van der Waals surface area contributed by atoms with E-state index < -0.39 is 10.0 Å². The number of hydrogen-bond acceptors (Lipinski definition) is 3. The van der Waals surface area contributed by atoms with E-state index in [0.29, 0.717) is 11.3 Å². The van der Waals surface area contributed by atoms with Crippen molar-refractivity contribution in [2.24, 2.45) is 0 Å². The van der Waals surface area contributed by atoms with Crippen molar-refractivity contribution in [3.05, 3.63) is 137 Å². The van der Waals surface area contributed by atoms with Gasteiger partial charge in [-0.3, -0.25) is 9.10 Å². The number of sulfonamides is 1. The molecular formula is C29H28N2O3S. The smallest absolute Gasteiger partial charge is 0.252 e. The SMILES string of the molecule is Cc1ccccc1CN(c1ccc(C(=O)NC(c2ccccc2)c2ccccc2)cc1)S(C)(=O)=O. The summed E-state index contributed by atoms with van der Waals surface area (Å²) in [6.45, 7) is 2.18. The quantitative estimate of drug-likeness (QED) is 0.360. The van der Waals surface area contributed by atoms with Crippen LogP contribution in [-0.2, 0) is 16.6 Å². The van der Waals surface area contributed by atoms with Gasteiger partial charge in [-0.15, -0.1) is 0 Å². The van der Waals surface area contributed by atoms with Crippen LogP contribution in [0.4, 0.5) is 5.69 Å². The monoisotopic (exact) mass is 484 g/mol. The van der Waals surface area contributed by atoms with Crippen LogP contribution in [0.15, 0.2) is 109 Å². The molecule has 4 rings (SSSR count). The summed E-state index contributed by atoms with van der Waals surface area (Å²) in [6, 6.07) is 33.7. The van der Waals surface area contributed by atoms with Gasteiger partial charge in [0.05, 0.1) is 24.5 Å². The molecule has 0 aliphatic rings. The Labute approximate surface area is 207 Å². The van der Waals surface area contributed by atoms with Gasteiger partial charge in [0.25, 0.3) is 5.91 Å². The average molecular weight is 485 g/mol. The maximum atomic E-state index is 13.2. The number of nitrogens with zero attached hydrogens (tertiary/aromatic N) is 1. The molecule has 1 N–H and O–H groups in total. The van der Waals surface area contributed by atoms with Gasteiger partial charge >= 0.3 is 0 Å². The minimum atomic E-state index is -3.52. The minimum Gasteiger partial charge on any atom is -0.341 e. The van der Waals surface area contributed by atoms with Crippen LogP contribution in [0.5, 0.6) is 0 Å². The van der Waals surface area contributed by atoms with Gasteiger partial charge in [0.2, 0.25) is 10.0 Å². The highest BCUT2D eigenvalue weighted by Gasteiger charge is 2.21. The van der Waals surface area contributed by atoms with E-state index in [9.17, 15) is 13.2 Å². The van der Waals surface area contributed by atoms with Gasteiger partial charge in [0.15, 0.2) is 0 Å². The number of aryl methyl sites for hydroxylation is 1. The molecule has 0 saturated heterocycles. The van der Waals surface area contributed by atoms with Crippen molar-refractivity contribution >= 4 is 21.6 Å². The molecule has 0 unspecified atom stereocenters. The molecule has 0 heterocycles. The molecule has 0 fully saturated rings. The van der Waals surface area contributed by atoms with Crippen LogP contribution in [0.3, 0.4) is 0 Å². The number of hydrogen-bond donors (Lipinski definition) is 1. The predicted molar refractivity (Wildman–Crippen MR) is 141 cm³/mol. The number of benzene rings is 4. The molecule has 0 spiro atoms. The van der Waals surface area contributed by atoms with E-state index in [1.54, 1.807) is 24.3 Å². The van der Waals surface area contributed by atoms with Crippen LogP contribution < -0.4 is 9.62 Å². The van der Waals surface area contributed by atoms with E-state index in [0.717, 1.165) is 22.3 Å². The molecule has 0 aliphatic carbocycles. The Morgan fingerprint density at radius 1 is 0.771 bits per heavy atom. The van der Waals surface area contributed by atoms with Crippen molar-refractivity contribution in [3.8, 4) is 0 Å². The van der Waals surface area contributed by atoms with Crippen LogP contribution in [0.2, 0.25) is 0 Å². The Morgan fingerprint density at radius 3 is 1.80 bits per heavy atom. The van der Waals surface area contributed by atoms with E-state index in [-0.39, 0.29) is 18.5 Å². The van der Waals surface area contributed by atoms with Crippen molar-refractivity contribution in [3.63, 3.8) is 0 Å². The molecule has 4 aromatic rings. The molecule has 0 aromatic heterocycles. The Balaban J connectivity index is 1.58. The standard InChI is InChI=1S/C29H28N2O3S/c1-22-11-9-10-16-26(22)21-31(35(2,33)34)27-19-17-25(18-20-27)29(32)30-28(23-12-5-3-6-13-23)24-14-7-4-8-15-24/h3-20,28H,21H2,1-2H3,(H,30,32). The van der Waals surface area contributed by atoms with Gasteiger partial charge in [-0.05, 0) is 53.4 Å². The Hall–Kier alpha value is -3.90. The molecule has 35 heavy (non-hydrogen) atoms. The third-order valence-corrected chi connectivity index (χ3v) is 7.07. The fraction of sp³-hybridized carbons (Fsp3) is 0.138. The predicted octanol–water partition coefficient (Wildman–Crippen LogP) is 5.48. The van der Waals surface area contributed by atoms with Gasteiger partial charge < -0.3 is 5.32 Å². The molecule has 0 aliphatic heterocycles. The highest BCUT2D eigenvalue weighted by atomic mass is 32.2. The normalized spacial score (nSPS) is 11.3. The molecule has 178 valence electrons. The lowest BCUT2D eigenvalue weighted by Gasteiger charge is -2.24. The number of carbonyl (C=O) groups is 1. The molecular weight excluding hydrogens is 456 g/mol. The summed E-state index contributed by atoms with van der Waals surface area (Å²) in [5, 5.41) is 3.12. The van der Waals surface area contributed by atoms with E-state index >= 15 is 0 Å². The van der Waals surface area contributed by atoms with Gasteiger partial charge in [-0.2, -0.15) is 0 Å². The molecule has 4 aromatic carbocycles. The lowest BCUT2D eigenvalue weighted by atomic mass is 9.98. The van der Waals surface area contributed by atoms with Crippen LogP contribution in [-0.4, -0.2) is 20.6 Å². The van der Waals surface area contributed by atoms with Gasteiger partial charge in [-0.1, -0.05) is 84.9 Å². The molecule has 6 heteroatoms. The molecule has 1 amide bonds. The van der Waals surface area contributed by atoms with Crippen molar-refractivity contribution in [1.82, 2.24) is 5.32 Å². The van der Waals surface area contributed by atoms with Gasteiger partial charge in [-0.25, -0.2) is 8.42 Å². The second-order valence-corrected chi connectivity index (χ2v) is 10.4. The highest BCUT2D eigenvalue weighted by molar-refractivity contribution is 7.92. The summed E-state index contributed by atoms with van der Waals surface area (Å²) in [5.41, 5.74) is 4.86. The van der Waals surface area contributed by atoms with Crippen LogP contribution >= 0.6 is 0 Å². The molecule has 0 saturated carbocycles. The molecule has 0 atom stereocenters. The largest absolute Gasteiger partial charge is 0.341 e. The maximum Gasteiger partial charge on any atom is 0.252 e. The van der Waals surface area contributed by atoms with Crippen molar-refractivity contribution in [1.29, 1.82) is 0 Å². The fourth-order valence-electron chi connectivity index (χ4n) is 3.99. The van der Waals surface area contributed by atoms with Crippen molar-refractivity contribution in [2.75, 3.05) is 10.6 Å². The van der Waals surface area contributed by atoms with Crippen molar-refractivity contribution < 1.29 is 13.2 Å². The maximum absolute atomic E-state index is 13.2. The first kappa shape index (κ1) is 24.2.